The second-order valence-corrected chi connectivity index (χ2v) is 9.72. The fourth-order valence-electron chi connectivity index (χ4n) is 4.48. The van der Waals surface area contributed by atoms with E-state index in [0.29, 0.717) is 12.1 Å². The Morgan fingerprint density at radius 3 is 2.66 bits per heavy atom. The van der Waals surface area contributed by atoms with Crippen LogP contribution in [0, 0.1) is 5.82 Å². The van der Waals surface area contributed by atoms with Gasteiger partial charge >= 0.3 is 0 Å². The maximum Gasteiger partial charge on any atom is 0.252 e. The van der Waals surface area contributed by atoms with Crippen LogP contribution in [-0.4, -0.2) is 37.1 Å². The molecule has 2 aromatic carbocycles. The molecule has 0 bridgehead atoms. The molecule has 0 radical (unpaired) electrons. The molecule has 3 aromatic rings. The molecule has 4 nitrogen and oxygen atoms in total. The van der Waals surface area contributed by atoms with Gasteiger partial charge in [0.2, 0.25) is 0 Å². The van der Waals surface area contributed by atoms with Crippen LogP contribution in [0.3, 0.4) is 0 Å². The molecule has 4 rings (SSSR count). The highest BCUT2D eigenvalue weighted by atomic mass is 32.2. The van der Waals surface area contributed by atoms with Gasteiger partial charge in [0.05, 0.1) is 30.7 Å². The Labute approximate surface area is 193 Å². The fraction of sp³-hybridized carbons (Fsp3) is 0.385. The second kappa shape index (κ2) is 10.9. The molecule has 1 aromatic heterocycles. The molecule has 1 saturated carbocycles. The van der Waals surface area contributed by atoms with Gasteiger partial charge in [-0.25, -0.2) is 9.37 Å². The first-order valence-corrected chi connectivity index (χ1v) is 12.4. The molecule has 32 heavy (non-hydrogen) atoms. The van der Waals surface area contributed by atoms with Gasteiger partial charge in [0, 0.05) is 23.2 Å². The number of pyridine rings is 1. The Morgan fingerprint density at radius 2 is 1.88 bits per heavy atom. The van der Waals surface area contributed by atoms with Crippen molar-refractivity contribution in [2.24, 2.45) is 0 Å². The Bertz CT molecular complexity index is 1050. The van der Waals surface area contributed by atoms with Crippen molar-refractivity contribution in [3.8, 4) is 0 Å². The van der Waals surface area contributed by atoms with Crippen molar-refractivity contribution in [3.05, 3.63) is 66.0 Å². The Balaban J connectivity index is 1.41. The summed E-state index contributed by atoms with van der Waals surface area (Å²) in [5.41, 5.74) is 1.42. The predicted octanol–water partition coefficient (Wildman–Crippen LogP) is 4.49. The number of halogens is 1. The van der Waals surface area contributed by atoms with Gasteiger partial charge in [-0.2, -0.15) is 0 Å². The van der Waals surface area contributed by atoms with Crippen LogP contribution in [-0.2, 0) is 0 Å². The fourth-order valence-corrected chi connectivity index (χ4v) is 5.31. The molecular formula is C26H31FN3OS+. The third-order valence-electron chi connectivity index (χ3n) is 6.31. The number of nitrogens with zero attached hydrogens (tertiary/aromatic N) is 1. The summed E-state index contributed by atoms with van der Waals surface area (Å²) in [6.45, 7) is 1.74. The first kappa shape index (κ1) is 22.7. The van der Waals surface area contributed by atoms with Crippen LogP contribution in [0.25, 0.3) is 10.9 Å². The van der Waals surface area contributed by atoms with Gasteiger partial charge in [-0.3, -0.25) is 4.79 Å². The van der Waals surface area contributed by atoms with Crippen molar-refractivity contribution in [3.63, 3.8) is 0 Å². The van der Waals surface area contributed by atoms with Crippen molar-refractivity contribution in [2.75, 3.05) is 20.1 Å². The number of hydrogen-bond donors (Lipinski definition) is 2. The number of hydrogen-bond acceptors (Lipinski definition) is 3. The highest BCUT2D eigenvalue weighted by molar-refractivity contribution is 7.99. The highest BCUT2D eigenvalue weighted by Gasteiger charge is 2.21. The quantitative estimate of drug-likeness (QED) is 0.495. The lowest BCUT2D eigenvalue weighted by molar-refractivity contribution is -0.907. The monoisotopic (exact) mass is 452 g/mol. The zero-order chi connectivity index (χ0) is 22.3. The molecule has 168 valence electrons. The van der Waals surface area contributed by atoms with Gasteiger partial charge in [0.25, 0.3) is 5.91 Å². The molecule has 1 aliphatic rings. The smallest absolute Gasteiger partial charge is 0.252 e. The largest absolute Gasteiger partial charge is 0.352 e. The number of aromatic nitrogens is 1. The minimum Gasteiger partial charge on any atom is -0.352 e. The van der Waals surface area contributed by atoms with Crippen LogP contribution in [0.1, 0.15) is 48.9 Å². The third-order valence-corrected chi connectivity index (χ3v) is 7.24. The van der Waals surface area contributed by atoms with Crippen LogP contribution in [0.15, 0.2) is 64.5 Å². The molecular weight excluding hydrogens is 421 g/mol. The summed E-state index contributed by atoms with van der Waals surface area (Å²) in [4.78, 5) is 20.2. The Hall–Kier alpha value is -2.44. The molecule has 1 atom stereocenters. The number of carbonyl (C=O) groups excluding carboxylic acids is 1. The topological polar surface area (TPSA) is 46.4 Å². The van der Waals surface area contributed by atoms with Gasteiger partial charge in [0.1, 0.15) is 10.8 Å². The SMILES string of the molecule is C[NH+](CCCNC(=O)c1cc(Sc2ccc(F)cc2)nc2ccccc12)C1CCCCC1. The predicted molar refractivity (Wildman–Crippen MR) is 128 cm³/mol. The van der Waals surface area contributed by atoms with Gasteiger partial charge < -0.3 is 10.2 Å². The summed E-state index contributed by atoms with van der Waals surface area (Å²) in [5.74, 6) is -0.336. The average Bonchev–Trinajstić information content (AvgIpc) is 2.83. The van der Waals surface area contributed by atoms with Crippen molar-refractivity contribution in [2.45, 2.75) is 54.5 Å². The molecule has 0 aliphatic heterocycles. The first-order chi connectivity index (χ1) is 15.6. The molecule has 1 unspecified atom stereocenters. The Morgan fingerprint density at radius 1 is 1.12 bits per heavy atom. The minimum atomic E-state index is -0.267. The van der Waals surface area contributed by atoms with Crippen LogP contribution < -0.4 is 10.2 Å². The first-order valence-electron chi connectivity index (χ1n) is 11.5. The molecule has 1 aliphatic carbocycles. The third kappa shape index (κ3) is 5.87. The summed E-state index contributed by atoms with van der Waals surface area (Å²) < 4.78 is 13.2. The maximum absolute atomic E-state index is 13.2. The average molecular weight is 453 g/mol. The molecule has 0 spiro atoms. The normalized spacial score (nSPS) is 15.6. The zero-order valence-electron chi connectivity index (χ0n) is 18.6. The van der Waals surface area contributed by atoms with Crippen LogP contribution in [0.2, 0.25) is 0 Å². The van der Waals surface area contributed by atoms with Crippen LogP contribution >= 0.6 is 11.8 Å². The second-order valence-electron chi connectivity index (χ2n) is 8.62. The molecule has 1 amide bonds. The lowest BCUT2D eigenvalue weighted by Crippen LogP contribution is -3.13. The lowest BCUT2D eigenvalue weighted by atomic mass is 9.94. The molecule has 6 heteroatoms. The van der Waals surface area contributed by atoms with Crippen molar-refractivity contribution in [1.29, 1.82) is 0 Å². The van der Waals surface area contributed by atoms with Gasteiger partial charge in [-0.1, -0.05) is 36.4 Å². The standard InChI is InChI=1S/C26H30FN3OS/c1-30(20-8-3-2-4-9-20)17-7-16-28-26(31)23-18-25(29-24-11-6-5-10-22(23)24)32-21-14-12-19(27)13-15-21/h5-6,10-15,18,20H,2-4,7-9,16-17H2,1H3,(H,28,31)/p+1. The minimum absolute atomic E-state index is 0.0696. The van der Waals surface area contributed by atoms with Crippen LogP contribution in [0.5, 0.6) is 0 Å². The van der Waals surface area contributed by atoms with Crippen molar-refractivity contribution in [1.82, 2.24) is 10.3 Å². The molecule has 1 fully saturated rings. The number of quaternary nitrogens is 1. The van der Waals surface area contributed by atoms with E-state index in [1.54, 1.807) is 17.0 Å². The summed E-state index contributed by atoms with van der Waals surface area (Å²) in [6.07, 6.45) is 7.71. The maximum atomic E-state index is 13.2. The molecule has 1 heterocycles. The van der Waals surface area contributed by atoms with Gasteiger partial charge in [-0.05, 0) is 62.1 Å². The van der Waals surface area contributed by atoms with E-state index < -0.39 is 0 Å². The number of nitrogens with one attached hydrogen (secondary N) is 2. The molecule has 2 N–H and O–H groups in total. The van der Waals surface area contributed by atoms with E-state index in [1.165, 1.54) is 56.0 Å². The Kier molecular flexibility index (Phi) is 7.76. The van der Waals surface area contributed by atoms with E-state index in [1.807, 2.05) is 30.3 Å². The summed E-state index contributed by atoms with van der Waals surface area (Å²) >= 11 is 1.43. The summed E-state index contributed by atoms with van der Waals surface area (Å²) in [5, 5.41) is 4.68. The number of para-hydroxylation sites is 1. The van der Waals surface area contributed by atoms with E-state index in [-0.39, 0.29) is 11.7 Å². The number of rotatable bonds is 8. The summed E-state index contributed by atoms with van der Waals surface area (Å²) in [6, 6.07) is 16.6. The van der Waals surface area contributed by atoms with E-state index in [2.05, 4.69) is 12.4 Å². The van der Waals surface area contributed by atoms with E-state index in [9.17, 15) is 9.18 Å². The number of fused-ring (bicyclic) bond motifs is 1. The zero-order valence-corrected chi connectivity index (χ0v) is 19.4. The van der Waals surface area contributed by atoms with Gasteiger partial charge in [-0.15, -0.1) is 0 Å². The summed E-state index contributed by atoms with van der Waals surface area (Å²) in [7, 11) is 2.28. The van der Waals surface area contributed by atoms with Gasteiger partial charge in [0.15, 0.2) is 0 Å². The van der Waals surface area contributed by atoms with Crippen molar-refractivity contribution < 1.29 is 14.1 Å². The van der Waals surface area contributed by atoms with Crippen molar-refractivity contribution >= 4 is 28.6 Å². The highest BCUT2D eigenvalue weighted by Crippen LogP contribution is 2.30. The number of benzene rings is 2. The lowest BCUT2D eigenvalue weighted by Gasteiger charge is -2.28. The molecule has 0 saturated heterocycles. The van der Waals surface area contributed by atoms with E-state index >= 15 is 0 Å². The van der Waals surface area contributed by atoms with E-state index in [4.69, 9.17) is 4.98 Å². The number of carbonyl (C=O) groups is 1. The number of amides is 1. The van der Waals surface area contributed by atoms with Crippen LogP contribution in [0.4, 0.5) is 4.39 Å². The van der Waals surface area contributed by atoms with E-state index in [0.717, 1.165) is 39.8 Å².